The molecule has 0 bridgehead atoms. The highest BCUT2D eigenvalue weighted by Crippen LogP contribution is 2.28. The van der Waals surface area contributed by atoms with Crippen molar-refractivity contribution in [1.29, 1.82) is 0 Å². The van der Waals surface area contributed by atoms with Crippen LogP contribution in [0.1, 0.15) is 24.9 Å². The lowest BCUT2D eigenvalue weighted by Crippen LogP contribution is -2.34. The Morgan fingerprint density at radius 1 is 1.20 bits per heavy atom. The van der Waals surface area contributed by atoms with E-state index in [1.165, 1.54) is 6.33 Å². The predicted molar refractivity (Wildman–Crippen MR) is 117 cm³/mol. The summed E-state index contributed by atoms with van der Waals surface area (Å²) in [6, 6.07) is 15.5. The number of hydrogen-bond donors (Lipinski definition) is 1. The Labute approximate surface area is 179 Å². The van der Waals surface area contributed by atoms with Crippen LogP contribution in [0.5, 0.6) is 0 Å². The lowest BCUT2D eigenvalue weighted by Gasteiger charge is -2.19. The van der Waals surface area contributed by atoms with Crippen molar-refractivity contribution in [2.45, 2.75) is 24.3 Å². The summed E-state index contributed by atoms with van der Waals surface area (Å²) in [7, 11) is 0. The molecule has 2 aromatic carbocycles. The van der Waals surface area contributed by atoms with Gasteiger partial charge in [-0.1, -0.05) is 18.2 Å². The SMILES string of the molecule is CSc1cccc(N2C[C@H](C(=O)N[C@H](C)c3ccc(-n4cncn4)cc3)CC2=O)c1. The van der Waals surface area contributed by atoms with Crippen LogP contribution in [0.15, 0.2) is 66.1 Å². The van der Waals surface area contributed by atoms with Crippen molar-refractivity contribution in [3.8, 4) is 5.69 Å². The molecule has 7 nitrogen and oxygen atoms in total. The van der Waals surface area contributed by atoms with Crippen molar-refractivity contribution in [2.75, 3.05) is 17.7 Å². The molecule has 1 fully saturated rings. The van der Waals surface area contributed by atoms with E-state index >= 15 is 0 Å². The van der Waals surface area contributed by atoms with Crippen molar-refractivity contribution in [1.82, 2.24) is 20.1 Å². The highest BCUT2D eigenvalue weighted by molar-refractivity contribution is 7.98. The van der Waals surface area contributed by atoms with Gasteiger partial charge in [-0.15, -0.1) is 11.8 Å². The van der Waals surface area contributed by atoms with Gasteiger partial charge in [0.05, 0.1) is 17.6 Å². The largest absolute Gasteiger partial charge is 0.349 e. The van der Waals surface area contributed by atoms with Gasteiger partial charge in [-0.3, -0.25) is 9.59 Å². The van der Waals surface area contributed by atoms with E-state index in [1.807, 2.05) is 61.7 Å². The van der Waals surface area contributed by atoms with Crippen LogP contribution in [0.2, 0.25) is 0 Å². The molecule has 1 aliphatic heterocycles. The van der Waals surface area contributed by atoms with E-state index < -0.39 is 0 Å². The third kappa shape index (κ3) is 4.23. The molecule has 0 saturated carbocycles. The van der Waals surface area contributed by atoms with Crippen molar-refractivity contribution < 1.29 is 9.59 Å². The van der Waals surface area contributed by atoms with Crippen LogP contribution in [-0.4, -0.2) is 39.4 Å². The van der Waals surface area contributed by atoms with Gasteiger partial charge in [0.15, 0.2) is 0 Å². The number of amides is 2. The summed E-state index contributed by atoms with van der Waals surface area (Å²) < 4.78 is 1.68. The maximum absolute atomic E-state index is 12.8. The Balaban J connectivity index is 1.39. The Morgan fingerprint density at radius 3 is 2.70 bits per heavy atom. The minimum absolute atomic E-state index is 0.0155. The molecule has 1 aromatic heterocycles. The number of nitrogens with zero attached hydrogens (tertiary/aromatic N) is 4. The fourth-order valence-corrected chi connectivity index (χ4v) is 4.04. The third-order valence-corrected chi connectivity index (χ3v) is 6.02. The normalized spacial score (nSPS) is 17.2. The second-order valence-electron chi connectivity index (χ2n) is 7.27. The lowest BCUT2D eigenvalue weighted by molar-refractivity contribution is -0.126. The summed E-state index contributed by atoms with van der Waals surface area (Å²) in [4.78, 5) is 32.1. The number of carbonyl (C=O) groups is 2. The first-order valence-electron chi connectivity index (χ1n) is 9.75. The van der Waals surface area contributed by atoms with E-state index in [-0.39, 0.29) is 30.2 Å². The van der Waals surface area contributed by atoms with Crippen LogP contribution in [-0.2, 0) is 9.59 Å². The van der Waals surface area contributed by atoms with E-state index in [9.17, 15) is 9.59 Å². The smallest absolute Gasteiger partial charge is 0.227 e. The van der Waals surface area contributed by atoms with Gasteiger partial charge in [0.2, 0.25) is 11.8 Å². The van der Waals surface area contributed by atoms with Gasteiger partial charge in [0.25, 0.3) is 0 Å². The number of anilines is 1. The highest BCUT2D eigenvalue weighted by atomic mass is 32.2. The number of aromatic nitrogens is 3. The standard InChI is InChI=1S/C22H23N5O2S/c1-15(16-6-8-18(9-7-16)27-14-23-13-24-27)25-22(29)17-10-21(28)26(12-17)19-4-3-5-20(11-19)30-2/h3-9,11,13-15,17H,10,12H2,1-2H3,(H,25,29)/t15-,17-/m1/s1. The molecule has 3 aromatic rings. The molecular weight excluding hydrogens is 398 g/mol. The Bertz CT molecular complexity index is 1040. The molecule has 4 rings (SSSR count). The fourth-order valence-electron chi connectivity index (χ4n) is 3.58. The Morgan fingerprint density at radius 2 is 2.00 bits per heavy atom. The highest BCUT2D eigenvalue weighted by Gasteiger charge is 2.35. The summed E-state index contributed by atoms with van der Waals surface area (Å²) in [6.07, 6.45) is 5.35. The predicted octanol–water partition coefficient (Wildman–Crippen LogP) is 3.22. The molecule has 1 saturated heterocycles. The monoisotopic (exact) mass is 421 g/mol. The minimum atomic E-state index is -0.354. The molecule has 8 heteroatoms. The van der Waals surface area contributed by atoms with Gasteiger partial charge in [0, 0.05) is 23.5 Å². The van der Waals surface area contributed by atoms with Crippen LogP contribution >= 0.6 is 11.8 Å². The van der Waals surface area contributed by atoms with E-state index in [2.05, 4.69) is 15.4 Å². The van der Waals surface area contributed by atoms with E-state index in [0.29, 0.717) is 6.54 Å². The topological polar surface area (TPSA) is 80.1 Å². The van der Waals surface area contributed by atoms with Crippen LogP contribution < -0.4 is 10.2 Å². The molecule has 2 amide bonds. The summed E-state index contributed by atoms with van der Waals surface area (Å²) in [5, 5.41) is 7.16. The Hall–Kier alpha value is -3.13. The number of carbonyl (C=O) groups excluding carboxylic acids is 2. The second kappa shape index (κ2) is 8.71. The van der Waals surface area contributed by atoms with Crippen LogP contribution in [0.4, 0.5) is 5.69 Å². The van der Waals surface area contributed by atoms with Crippen molar-refractivity contribution in [3.63, 3.8) is 0 Å². The molecule has 154 valence electrons. The van der Waals surface area contributed by atoms with E-state index in [1.54, 1.807) is 27.7 Å². The summed E-state index contributed by atoms with van der Waals surface area (Å²) in [5.41, 5.74) is 2.74. The molecule has 2 heterocycles. The maximum Gasteiger partial charge on any atom is 0.227 e. The van der Waals surface area contributed by atoms with Gasteiger partial charge in [0.1, 0.15) is 12.7 Å². The zero-order chi connectivity index (χ0) is 21.1. The zero-order valence-electron chi connectivity index (χ0n) is 16.9. The average Bonchev–Trinajstić information content (AvgIpc) is 3.44. The van der Waals surface area contributed by atoms with E-state index in [0.717, 1.165) is 21.8 Å². The first-order chi connectivity index (χ1) is 14.5. The number of rotatable bonds is 6. The second-order valence-corrected chi connectivity index (χ2v) is 8.15. The van der Waals surface area contributed by atoms with Crippen LogP contribution in [0.25, 0.3) is 5.69 Å². The molecule has 0 unspecified atom stereocenters. The summed E-state index contributed by atoms with van der Waals surface area (Å²) >= 11 is 1.63. The zero-order valence-corrected chi connectivity index (χ0v) is 17.7. The molecular formula is C22H23N5O2S. The summed E-state index contributed by atoms with van der Waals surface area (Å²) in [6.45, 7) is 2.35. The van der Waals surface area contributed by atoms with Gasteiger partial charge < -0.3 is 10.2 Å². The molecule has 0 aliphatic carbocycles. The Kier molecular flexibility index (Phi) is 5.85. The number of thioether (sulfide) groups is 1. The van der Waals surface area contributed by atoms with Crippen LogP contribution in [0, 0.1) is 5.92 Å². The van der Waals surface area contributed by atoms with E-state index in [4.69, 9.17) is 0 Å². The minimum Gasteiger partial charge on any atom is -0.349 e. The first kappa shape index (κ1) is 20.2. The average molecular weight is 422 g/mol. The van der Waals surface area contributed by atoms with Crippen molar-refractivity contribution >= 4 is 29.3 Å². The van der Waals surface area contributed by atoms with Gasteiger partial charge in [-0.2, -0.15) is 5.10 Å². The molecule has 0 radical (unpaired) electrons. The first-order valence-corrected chi connectivity index (χ1v) is 11.0. The number of benzene rings is 2. The van der Waals surface area contributed by atoms with Crippen molar-refractivity contribution in [2.24, 2.45) is 5.92 Å². The van der Waals surface area contributed by atoms with Gasteiger partial charge in [-0.05, 0) is 49.1 Å². The fraction of sp³-hybridized carbons (Fsp3) is 0.273. The third-order valence-electron chi connectivity index (χ3n) is 5.30. The van der Waals surface area contributed by atoms with Crippen molar-refractivity contribution in [3.05, 3.63) is 66.7 Å². The molecule has 1 N–H and O–H groups in total. The molecule has 2 atom stereocenters. The van der Waals surface area contributed by atoms with Gasteiger partial charge in [-0.25, -0.2) is 9.67 Å². The lowest BCUT2D eigenvalue weighted by atomic mass is 10.0. The quantitative estimate of drug-likeness (QED) is 0.618. The molecule has 30 heavy (non-hydrogen) atoms. The summed E-state index contributed by atoms with van der Waals surface area (Å²) in [5.74, 6) is -0.467. The molecule has 1 aliphatic rings. The number of hydrogen-bond acceptors (Lipinski definition) is 5. The molecule has 0 spiro atoms. The number of nitrogens with one attached hydrogen (secondary N) is 1. The van der Waals surface area contributed by atoms with Crippen LogP contribution in [0.3, 0.4) is 0 Å². The van der Waals surface area contributed by atoms with Gasteiger partial charge >= 0.3 is 0 Å². The maximum atomic E-state index is 12.8.